The highest BCUT2D eigenvalue weighted by molar-refractivity contribution is 5.97. The highest BCUT2D eigenvalue weighted by atomic mass is 16.1. The zero-order chi connectivity index (χ0) is 13.8. The first-order valence-electron chi connectivity index (χ1n) is 8.18. The van der Waals surface area contributed by atoms with Gasteiger partial charge in [-0.25, -0.2) is 0 Å². The maximum Gasteiger partial charge on any atom is 0.176 e. The number of rotatable bonds is 4. The summed E-state index contributed by atoms with van der Waals surface area (Å²) in [6.07, 6.45) is 9.24. The zero-order valence-corrected chi connectivity index (χ0v) is 12.3. The normalized spacial score (nSPS) is 21.2. The quantitative estimate of drug-likeness (QED) is 0.771. The van der Waals surface area contributed by atoms with Crippen LogP contribution in [0.4, 0.5) is 0 Å². The van der Waals surface area contributed by atoms with Crippen LogP contribution in [0.2, 0.25) is 0 Å². The lowest BCUT2D eigenvalue weighted by atomic mass is 9.84. The molecule has 108 valence electrons. The molecule has 2 aliphatic rings. The Balaban J connectivity index is 1.61. The summed E-state index contributed by atoms with van der Waals surface area (Å²) in [6, 6.07) is 8.46. The van der Waals surface area contributed by atoms with Gasteiger partial charge in [0.15, 0.2) is 5.78 Å². The monoisotopic (exact) mass is 271 g/mol. The number of hydrogen-bond donors (Lipinski definition) is 0. The van der Waals surface area contributed by atoms with Gasteiger partial charge < -0.3 is 0 Å². The van der Waals surface area contributed by atoms with E-state index < -0.39 is 0 Å². The first-order chi connectivity index (χ1) is 9.83. The van der Waals surface area contributed by atoms with Gasteiger partial charge in [0.05, 0.1) is 6.54 Å². The molecule has 0 atom stereocenters. The van der Waals surface area contributed by atoms with Crippen LogP contribution >= 0.6 is 0 Å². The third kappa shape index (κ3) is 3.29. The molecule has 1 heterocycles. The van der Waals surface area contributed by atoms with Crippen molar-refractivity contribution in [2.24, 2.45) is 0 Å². The summed E-state index contributed by atoms with van der Waals surface area (Å²) in [6.45, 7) is 2.78. The molecule has 0 aromatic heterocycles. The van der Waals surface area contributed by atoms with Gasteiger partial charge in [0, 0.05) is 5.56 Å². The zero-order valence-electron chi connectivity index (χ0n) is 12.3. The molecule has 20 heavy (non-hydrogen) atoms. The van der Waals surface area contributed by atoms with E-state index in [1.807, 2.05) is 12.1 Å². The minimum atomic E-state index is 0.280. The first-order valence-corrected chi connectivity index (χ1v) is 8.18. The van der Waals surface area contributed by atoms with E-state index in [1.54, 1.807) is 0 Å². The fraction of sp³-hybridized carbons (Fsp3) is 0.611. The molecule has 1 aromatic rings. The Morgan fingerprint density at radius 1 is 0.950 bits per heavy atom. The number of carbonyl (C=O) groups excluding carboxylic acids is 1. The van der Waals surface area contributed by atoms with Crippen molar-refractivity contribution in [1.29, 1.82) is 0 Å². The molecule has 0 N–H and O–H groups in total. The molecule has 0 radical (unpaired) electrons. The Labute approximate surface area is 122 Å². The lowest BCUT2D eigenvalue weighted by molar-refractivity contribution is 0.0945. The topological polar surface area (TPSA) is 20.3 Å². The molecule has 0 spiro atoms. The molecule has 1 saturated carbocycles. The van der Waals surface area contributed by atoms with Crippen LogP contribution in [0.3, 0.4) is 0 Å². The molecule has 1 aromatic carbocycles. The van der Waals surface area contributed by atoms with Crippen molar-refractivity contribution in [3.05, 3.63) is 35.4 Å². The van der Waals surface area contributed by atoms with Gasteiger partial charge in [0.1, 0.15) is 0 Å². The molecule has 1 aliphatic carbocycles. The molecule has 3 rings (SSSR count). The molecule has 0 bridgehead atoms. The number of likely N-dealkylation sites (tertiary alicyclic amines) is 1. The molecule has 0 unspecified atom stereocenters. The third-order valence-corrected chi connectivity index (χ3v) is 4.88. The summed E-state index contributed by atoms with van der Waals surface area (Å²) in [7, 11) is 0. The predicted molar refractivity (Wildman–Crippen MR) is 82.3 cm³/mol. The van der Waals surface area contributed by atoms with Crippen LogP contribution in [0.5, 0.6) is 0 Å². The van der Waals surface area contributed by atoms with Crippen molar-refractivity contribution < 1.29 is 4.79 Å². The summed E-state index contributed by atoms with van der Waals surface area (Å²) in [5, 5.41) is 0. The van der Waals surface area contributed by atoms with Crippen molar-refractivity contribution >= 4 is 5.78 Å². The number of ketones is 1. The van der Waals surface area contributed by atoms with Crippen molar-refractivity contribution in [1.82, 2.24) is 4.90 Å². The summed E-state index contributed by atoms with van der Waals surface area (Å²) in [5.41, 5.74) is 2.32. The molecule has 2 heteroatoms. The Morgan fingerprint density at radius 3 is 2.25 bits per heavy atom. The lowest BCUT2D eigenvalue weighted by Crippen LogP contribution is -2.26. The van der Waals surface area contributed by atoms with Crippen LogP contribution < -0.4 is 0 Å². The van der Waals surface area contributed by atoms with Gasteiger partial charge in [-0.2, -0.15) is 0 Å². The van der Waals surface area contributed by atoms with Gasteiger partial charge in [-0.15, -0.1) is 0 Å². The Kier molecular flexibility index (Phi) is 4.51. The molecule has 2 nitrogen and oxygen atoms in total. The van der Waals surface area contributed by atoms with Gasteiger partial charge in [-0.05, 0) is 50.3 Å². The molecule has 0 amide bonds. The number of benzene rings is 1. The van der Waals surface area contributed by atoms with E-state index in [1.165, 1.54) is 50.5 Å². The SMILES string of the molecule is O=C(CN1CCCC1)c1ccc(C2CCCCC2)cc1. The van der Waals surface area contributed by atoms with Crippen molar-refractivity contribution in [3.63, 3.8) is 0 Å². The summed E-state index contributed by atoms with van der Waals surface area (Å²) >= 11 is 0. The fourth-order valence-corrected chi connectivity index (χ4v) is 3.61. The van der Waals surface area contributed by atoms with Crippen LogP contribution in [-0.4, -0.2) is 30.3 Å². The van der Waals surface area contributed by atoms with Gasteiger partial charge in [0.2, 0.25) is 0 Å². The Morgan fingerprint density at radius 2 is 1.60 bits per heavy atom. The van der Waals surface area contributed by atoms with E-state index >= 15 is 0 Å². The molecular weight excluding hydrogens is 246 g/mol. The van der Waals surface area contributed by atoms with Gasteiger partial charge >= 0.3 is 0 Å². The highest BCUT2D eigenvalue weighted by Gasteiger charge is 2.18. The Hall–Kier alpha value is -1.15. The second-order valence-corrected chi connectivity index (χ2v) is 6.36. The van der Waals surface area contributed by atoms with E-state index in [2.05, 4.69) is 17.0 Å². The van der Waals surface area contributed by atoms with E-state index in [0.717, 1.165) is 24.6 Å². The smallest absolute Gasteiger partial charge is 0.176 e. The second-order valence-electron chi connectivity index (χ2n) is 6.36. The lowest BCUT2D eigenvalue weighted by Gasteiger charge is -2.22. The van der Waals surface area contributed by atoms with Crippen LogP contribution in [0.1, 0.15) is 66.8 Å². The molecule has 1 aliphatic heterocycles. The average molecular weight is 271 g/mol. The van der Waals surface area contributed by atoms with E-state index in [0.29, 0.717) is 6.54 Å². The van der Waals surface area contributed by atoms with Crippen LogP contribution in [0.15, 0.2) is 24.3 Å². The van der Waals surface area contributed by atoms with Crippen molar-refractivity contribution in [3.8, 4) is 0 Å². The average Bonchev–Trinajstić information content (AvgIpc) is 3.01. The standard InChI is InChI=1S/C18H25NO/c20-18(14-19-12-4-5-13-19)17-10-8-16(9-11-17)15-6-2-1-3-7-15/h8-11,15H,1-7,12-14H2. The first kappa shape index (κ1) is 13.8. The van der Waals surface area contributed by atoms with Gasteiger partial charge in [-0.3, -0.25) is 9.69 Å². The minimum absolute atomic E-state index is 0.280. The largest absolute Gasteiger partial charge is 0.296 e. The maximum absolute atomic E-state index is 12.2. The molecule has 2 fully saturated rings. The highest BCUT2D eigenvalue weighted by Crippen LogP contribution is 2.32. The molecule has 1 saturated heterocycles. The summed E-state index contributed by atoms with van der Waals surface area (Å²) < 4.78 is 0. The van der Waals surface area contributed by atoms with Crippen LogP contribution in [0, 0.1) is 0 Å². The van der Waals surface area contributed by atoms with Crippen LogP contribution in [-0.2, 0) is 0 Å². The minimum Gasteiger partial charge on any atom is -0.296 e. The molecular formula is C18H25NO. The summed E-state index contributed by atoms with van der Waals surface area (Å²) in [4.78, 5) is 14.5. The number of carbonyl (C=O) groups is 1. The van der Waals surface area contributed by atoms with E-state index in [9.17, 15) is 4.79 Å². The fourth-order valence-electron chi connectivity index (χ4n) is 3.61. The van der Waals surface area contributed by atoms with Gasteiger partial charge in [0.25, 0.3) is 0 Å². The number of nitrogens with zero attached hydrogens (tertiary/aromatic N) is 1. The number of hydrogen-bond acceptors (Lipinski definition) is 2. The van der Waals surface area contributed by atoms with Crippen LogP contribution in [0.25, 0.3) is 0 Å². The Bertz CT molecular complexity index is 439. The van der Waals surface area contributed by atoms with E-state index in [4.69, 9.17) is 0 Å². The second kappa shape index (κ2) is 6.53. The predicted octanol–water partition coefficient (Wildman–Crippen LogP) is 4.01. The van der Waals surface area contributed by atoms with E-state index in [-0.39, 0.29) is 5.78 Å². The summed E-state index contributed by atoms with van der Waals surface area (Å²) in [5.74, 6) is 1.01. The maximum atomic E-state index is 12.2. The van der Waals surface area contributed by atoms with Gasteiger partial charge in [-0.1, -0.05) is 43.5 Å². The van der Waals surface area contributed by atoms with Crippen molar-refractivity contribution in [2.75, 3.05) is 19.6 Å². The number of Topliss-reactive ketones (excluding diaryl/α,β-unsaturated/α-hetero) is 1. The van der Waals surface area contributed by atoms with Crippen molar-refractivity contribution in [2.45, 2.75) is 50.9 Å². The third-order valence-electron chi connectivity index (χ3n) is 4.88.